The van der Waals surface area contributed by atoms with Crippen LogP contribution in [-0.4, -0.2) is 63.5 Å². The molecule has 8 nitrogen and oxygen atoms in total. The second-order valence-electron chi connectivity index (χ2n) is 5.99. The van der Waals surface area contributed by atoms with Crippen molar-refractivity contribution in [3.8, 4) is 0 Å². The number of likely N-dealkylation sites (tertiary alicyclic amines) is 1. The van der Waals surface area contributed by atoms with Crippen molar-refractivity contribution in [1.82, 2.24) is 14.9 Å². The number of aryl methyl sites for hydroxylation is 1. The van der Waals surface area contributed by atoms with Crippen LogP contribution in [0.2, 0.25) is 0 Å². The van der Waals surface area contributed by atoms with Gasteiger partial charge in [-0.3, -0.25) is 19.3 Å². The van der Waals surface area contributed by atoms with E-state index in [1.165, 1.54) is 31.1 Å². The molecule has 2 atom stereocenters. The summed E-state index contributed by atoms with van der Waals surface area (Å²) in [5, 5.41) is 2.35. The molecule has 2 rings (SSSR count). The number of ketones is 2. The number of likely N-dealkylation sites (N-methyl/N-ethyl adjacent to an activating group) is 2. The summed E-state index contributed by atoms with van der Waals surface area (Å²) < 4.78 is 27.1. The Kier molecular flexibility index (Phi) is 5.71. The Balaban J connectivity index is 2.13. The minimum atomic E-state index is -3.75. The Hall–Kier alpha value is -2.10. The van der Waals surface area contributed by atoms with Crippen LogP contribution in [0.3, 0.4) is 0 Å². The van der Waals surface area contributed by atoms with Crippen molar-refractivity contribution in [3.05, 3.63) is 29.8 Å². The van der Waals surface area contributed by atoms with Crippen LogP contribution in [0.15, 0.2) is 29.2 Å². The monoisotopic (exact) mass is 367 g/mol. The molecule has 2 unspecified atom stereocenters. The SMILES string of the molecule is CNC(=O)C1C(=O)C(=O)CC(CNS(=O)(=O)c2ccc(C)cc2)N1C. The highest BCUT2D eigenvalue weighted by molar-refractivity contribution is 7.89. The van der Waals surface area contributed by atoms with Gasteiger partial charge in [0.15, 0.2) is 6.04 Å². The molecule has 0 saturated carbocycles. The standard InChI is InChI=1S/C16H21N3O5S/c1-10-4-6-12(7-5-10)25(23,24)18-9-11-8-13(20)15(21)14(19(11)3)16(22)17-2/h4-7,11,14,18H,8-9H2,1-3H3,(H,17,22). The second kappa shape index (κ2) is 7.42. The molecular formula is C16H21N3O5S. The predicted octanol–water partition coefficient (Wildman–Crippen LogP) is -0.770. The van der Waals surface area contributed by atoms with Crippen LogP contribution >= 0.6 is 0 Å². The van der Waals surface area contributed by atoms with Crippen LogP contribution in [0.4, 0.5) is 0 Å². The second-order valence-corrected chi connectivity index (χ2v) is 7.76. The van der Waals surface area contributed by atoms with Crippen molar-refractivity contribution >= 4 is 27.5 Å². The van der Waals surface area contributed by atoms with Crippen molar-refractivity contribution in [2.45, 2.75) is 30.3 Å². The van der Waals surface area contributed by atoms with Crippen LogP contribution in [-0.2, 0) is 24.4 Å². The fraction of sp³-hybridized carbons (Fsp3) is 0.438. The number of sulfonamides is 1. The lowest BCUT2D eigenvalue weighted by Gasteiger charge is -2.36. The smallest absolute Gasteiger partial charge is 0.245 e. The average molecular weight is 367 g/mol. The molecule has 136 valence electrons. The largest absolute Gasteiger partial charge is 0.357 e. The van der Waals surface area contributed by atoms with Crippen LogP contribution in [0.5, 0.6) is 0 Å². The minimum Gasteiger partial charge on any atom is -0.357 e. The quantitative estimate of drug-likeness (QED) is 0.522. The number of rotatable bonds is 5. The van der Waals surface area contributed by atoms with E-state index in [2.05, 4.69) is 10.0 Å². The number of Topliss-reactive ketones (excluding diaryl/α,β-unsaturated/α-hetero) is 2. The average Bonchev–Trinajstić information content (AvgIpc) is 2.57. The van der Waals surface area contributed by atoms with Crippen LogP contribution in [0.1, 0.15) is 12.0 Å². The molecule has 1 aliphatic heterocycles. The molecule has 9 heteroatoms. The molecule has 0 aromatic heterocycles. The summed E-state index contributed by atoms with van der Waals surface area (Å²) >= 11 is 0. The first-order chi connectivity index (χ1) is 11.7. The molecule has 1 amide bonds. The molecule has 25 heavy (non-hydrogen) atoms. The summed E-state index contributed by atoms with van der Waals surface area (Å²) in [5.41, 5.74) is 0.934. The van der Waals surface area contributed by atoms with E-state index in [0.29, 0.717) is 0 Å². The number of nitrogens with one attached hydrogen (secondary N) is 2. The fourth-order valence-electron chi connectivity index (χ4n) is 2.67. The molecule has 1 saturated heterocycles. The fourth-order valence-corrected chi connectivity index (χ4v) is 3.74. The van der Waals surface area contributed by atoms with Gasteiger partial charge in [-0.25, -0.2) is 13.1 Å². The molecule has 2 N–H and O–H groups in total. The summed E-state index contributed by atoms with van der Waals surface area (Å²) in [5.74, 6) is -2.04. The van der Waals surface area contributed by atoms with Gasteiger partial charge in [-0.15, -0.1) is 0 Å². The maximum atomic E-state index is 12.3. The molecule has 1 aromatic rings. The third-order valence-corrected chi connectivity index (χ3v) is 5.70. The van der Waals surface area contributed by atoms with Gasteiger partial charge >= 0.3 is 0 Å². The number of hydrogen-bond donors (Lipinski definition) is 2. The zero-order valence-corrected chi connectivity index (χ0v) is 15.1. The number of amides is 1. The first-order valence-electron chi connectivity index (χ1n) is 7.74. The molecule has 1 heterocycles. The third kappa shape index (κ3) is 4.12. The molecule has 0 bridgehead atoms. The van der Waals surface area contributed by atoms with Crippen LogP contribution < -0.4 is 10.0 Å². The number of nitrogens with zero attached hydrogens (tertiary/aromatic N) is 1. The number of benzene rings is 1. The Labute approximate surface area is 146 Å². The number of carbonyl (C=O) groups excluding carboxylic acids is 3. The molecule has 0 radical (unpaired) electrons. The van der Waals surface area contributed by atoms with E-state index in [4.69, 9.17) is 0 Å². The van der Waals surface area contributed by atoms with Gasteiger partial charge in [0, 0.05) is 26.1 Å². The molecule has 1 aromatic carbocycles. The summed E-state index contributed by atoms with van der Waals surface area (Å²) in [7, 11) is -0.852. The van der Waals surface area contributed by atoms with E-state index in [1.807, 2.05) is 6.92 Å². The zero-order chi connectivity index (χ0) is 18.8. The number of piperidine rings is 1. The molecule has 1 fully saturated rings. The molecule has 0 spiro atoms. The Morgan fingerprint density at radius 2 is 1.84 bits per heavy atom. The Morgan fingerprint density at radius 3 is 2.40 bits per heavy atom. The van der Waals surface area contributed by atoms with E-state index >= 15 is 0 Å². The third-order valence-electron chi connectivity index (χ3n) is 4.26. The summed E-state index contributed by atoms with van der Waals surface area (Å²) in [6.07, 6.45) is -0.140. The predicted molar refractivity (Wildman–Crippen MR) is 90.4 cm³/mol. The lowest BCUT2D eigenvalue weighted by atomic mass is 9.93. The van der Waals surface area contributed by atoms with E-state index in [9.17, 15) is 22.8 Å². The van der Waals surface area contributed by atoms with Gasteiger partial charge in [0.05, 0.1) is 4.90 Å². The normalized spacial score (nSPS) is 22.0. The van der Waals surface area contributed by atoms with Crippen molar-refractivity contribution in [1.29, 1.82) is 0 Å². The van der Waals surface area contributed by atoms with E-state index in [0.717, 1.165) is 5.56 Å². The van der Waals surface area contributed by atoms with Crippen molar-refractivity contribution in [2.75, 3.05) is 20.6 Å². The van der Waals surface area contributed by atoms with Crippen LogP contribution in [0.25, 0.3) is 0 Å². The molecular weight excluding hydrogens is 346 g/mol. The van der Waals surface area contributed by atoms with Crippen molar-refractivity contribution in [3.63, 3.8) is 0 Å². The highest BCUT2D eigenvalue weighted by Crippen LogP contribution is 2.17. The summed E-state index contributed by atoms with van der Waals surface area (Å²) in [4.78, 5) is 37.2. The maximum Gasteiger partial charge on any atom is 0.245 e. The van der Waals surface area contributed by atoms with E-state index in [-0.39, 0.29) is 17.9 Å². The van der Waals surface area contributed by atoms with Crippen molar-refractivity contribution < 1.29 is 22.8 Å². The Bertz CT molecular complexity index is 788. The van der Waals surface area contributed by atoms with Crippen molar-refractivity contribution in [2.24, 2.45) is 0 Å². The first-order valence-corrected chi connectivity index (χ1v) is 9.22. The number of hydrogen-bond acceptors (Lipinski definition) is 6. The summed E-state index contributed by atoms with van der Waals surface area (Å²) in [6, 6.07) is 4.53. The van der Waals surface area contributed by atoms with Gasteiger partial charge in [-0.1, -0.05) is 17.7 Å². The van der Waals surface area contributed by atoms with Gasteiger partial charge in [-0.2, -0.15) is 0 Å². The maximum absolute atomic E-state index is 12.3. The topological polar surface area (TPSA) is 113 Å². The zero-order valence-electron chi connectivity index (χ0n) is 14.3. The lowest BCUT2D eigenvalue weighted by molar-refractivity contribution is -0.149. The van der Waals surface area contributed by atoms with E-state index < -0.39 is 39.6 Å². The molecule has 0 aliphatic carbocycles. The van der Waals surface area contributed by atoms with Gasteiger partial charge in [0.1, 0.15) is 0 Å². The van der Waals surface area contributed by atoms with E-state index in [1.54, 1.807) is 12.1 Å². The first kappa shape index (κ1) is 19.2. The highest BCUT2D eigenvalue weighted by atomic mass is 32.2. The van der Waals surface area contributed by atoms with Gasteiger partial charge < -0.3 is 5.32 Å². The van der Waals surface area contributed by atoms with Gasteiger partial charge in [-0.05, 0) is 26.1 Å². The number of carbonyl (C=O) groups is 3. The van der Waals surface area contributed by atoms with Crippen LogP contribution in [0, 0.1) is 6.92 Å². The Morgan fingerprint density at radius 1 is 1.24 bits per heavy atom. The highest BCUT2D eigenvalue weighted by Gasteiger charge is 2.43. The lowest BCUT2D eigenvalue weighted by Crippen LogP contribution is -2.61. The van der Waals surface area contributed by atoms with Gasteiger partial charge in [0.2, 0.25) is 27.5 Å². The molecule has 1 aliphatic rings. The minimum absolute atomic E-state index is 0.0841. The summed E-state index contributed by atoms with van der Waals surface area (Å²) in [6.45, 7) is 1.77. The van der Waals surface area contributed by atoms with Gasteiger partial charge in [0.25, 0.3) is 0 Å².